The van der Waals surface area contributed by atoms with E-state index in [4.69, 9.17) is 4.74 Å². The maximum Gasteiger partial charge on any atom is 0.407 e. The minimum absolute atomic E-state index is 0.0702. The molecule has 1 rings (SSSR count). The van der Waals surface area contributed by atoms with E-state index in [1.807, 2.05) is 0 Å². The molecule has 0 fully saturated rings. The summed E-state index contributed by atoms with van der Waals surface area (Å²) in [7, 11) is 0. The van der Waals surface area contributed by atoms with Gasteiger partial charge in [-0.05, 0) is 56.9 Å². The first-order valence-corrected chi connectivity index (χ1v) is 6.79. The van der Waals surface area contributed by atoms with E-state index in [0.717, 1.165) is 5.56 Å². The average molecular weight is 297 g/mol. The van der Waals surface area contributed by atoms with E-state index >= 15 is 0 Å². The van der Waals surface area contributed by atoms with Gasteiger partial charge in [-0.2, -0.15) is 0 Å². The zero-order valence-electron chi connectivity index (χ0n) is 12.6. The number of hydrogen-bond acceptors (Lipinski definition) is 2. The summed E-state index contributed by atoms with van der Waals surface area (Å²) in [5.41, 5.74) is 0.613. The van der Waals surface area contributed by atoms with Crippen molar-refractivity contribution in [2.24, 2.45) is 0 Å². The summed E-state index contributed by atoms with van der Waals surface area (Å²) < 4.78 is 30.9. The van der Waals surface area contributed by atoms with Crippen molar-refractivity contribution >= 4 is 6.09 Å². The maximum absolute atomic E-state index is 13.0. The van der Waals surface area contributed by atoms with Crippen molar-refractivity contribution < 1.29 is 18.3 Å². The fraction of sp³-hybridized carbons (Fsp3) is 0.438. The van der Waals surface area contributed by atoms with E-state index in [1.165, 1.54) is 12.1 Å². The fourth-order valence-electron chi connectivity index (χ4n) is 1.68. The van der Waals surface area contributed by atoms with Crippen LogP contribution in [0, 0.1) is 5.82 Å². The molecule has 1 aromatic carbocycles. The van der Waals surface area contributed by atoms with Crippen LogP contribution in [-0.4, -0.2) is 18.2 Å². The summed E-state index contributed by atoms with van der Waals surface area (Å²) in [6, 6.07) is 6.17. The van der Waals surface area contributed by atoms with E-state index < -0.39 is 11.7 Å². The number of aryl methyl sites for hydroxylation is 1. The van der Waals surface area contributed by atoms with Gasteiger partial charge in [-0.15, -0.1) is 0 Å². The molecule has 0 bridgehead atoms. The highest BCUT2D eigenvalue weighted by Gasteiger charge is 2.15. The first-order valence-electron chi connectivity index (χ1n) is 6.79. The summed E-state index contributed by atoms with van der Waals surface area (Å²) in [4.78, 5) is 11.5. The molecule has 116 valence electrons. The van der Waals surface area contributed by atoms with Gasteiger partial charge in [-0.25, -0.2) is 13.6 Å². The molecular formula is C16H21F2NO2. The van der Waals surface area contributed by atoms with E-state index in [9.17, 15) is 13.6 Å². The first-order chi connectivity index (χ1) is 9.80. The molecule has 0 radical (unpaired) electrons. The Morgan fingerprint density at radius 1 is 1.38 bits per heavy atom. The highest BCUT2D eigenvalue weighted by Crippen LogP contribution is 2.11. The van der Waals surface area contributed by atoms with Gasteiger partial charge >= 0.3 is 6.09 Å². The largest absolute Gasteiger partial charge is 0.444 e. The molecule has 3 nitrogen and oxygen atoms in total. The molecular weight excluding hydrogens is 276 g/mol. The number of rotatable bonds is 5. The van der Waals surface area contributed by atoms with E-state index in [1.54, 1.807) is 32.9 Å². The Morgan fingerprint density at radius 2 is 2.10 bits per heavy atom. The molecule has 0 spiro atoms. The Labute approximate surface area is 124 Å². The van der Waals surface area contributed by atoms with Crippen molar-refractivity contribution in [2.75, 3.05) is 6.54 Å². The first kappa shape index (κ1) is 17.1. The molecule has 0 unspecified atom stereocenters. The van der Waals surface area contributed by atoms with Crippen LogP contribution in [-0.2, 0) is 11.2 Å². The van der Waals surface area contributed by atoms with Crippen molar-refractivity contribution in [1.82, 2.24) is 5.32 Å². The van der Waals surface area contributed by atoms with Gasteiger partial charge in [0.1, 0.15) is 11.4 Å². The molecule has 1 aromatic rings. The lowest BCUT2D eigenvalue weighted by molar-refractivity contribution is 0.0532. The third-order valence-electron chi connectivity index (χ3n) is 2.64. The number of ether oxygens (including phenoxy) is 1. The third-order valence-corrected chi connectivity index (χ3v) is 2.64. The Hall–Kier alpha value is -1.91. The number of amides is 1. The summed E-state index contributed by atoms with van der Waals surface area (Å²) in [5.74, 6) is -0.315. The van der Waals surface area contributed by atoms with Gasteiger partial charge in [0.25, 0.3) is 0 Å². The van der Waals surface area contributed by atoms with Crippen LogP contribution in [0.3, 0.4) is 0 Å². The highest BCUT2D eigenvalue weighted by atomic mass is 19.1. The minimum atomic E-state index is -0.592. The summed E-state index contributed by atoms with van der Waals surface area (Å²) in [6.45, 7) is 5.33. The van der Waals surface area contributed by atoms with Crippen LogP contribution in [0.2, 0.25) is 0 Å². The predicted octanol–water partition coefficient (Wildman–Crippen LogP) is 4.14. The molecule has 5 heteroatoms. The Morgan fingerprint density at radius 3 is 2.67 bits per heavy atom. The number of carbonyl (C=O) groups excluding carboxylic acids is 1. The van der Waals surface area contributed by atoms with Crippen LogP contribution >= 0.6 is 0 Å². The molecule has 1 amide bonds. The van der Waals surface area contributed by atoms with Gasteiger partial charge < -0.3 is 10.1 Å². The van der Waals surface area contributed by atoms with Gasteiger partial charge in [0.2, 0.25) is 0 Å². The standard InChI is InChI=1S/C16H21F2NO2/c1-16(2,3)21-15(20)19-11-13(10-17)8-7-12-5-4-6-14(18)9-12/h4-6,9-10H,7-8,11H2,1-3H3,(H,19,20)/b13-10+. The Balaban J connectivity index is 2.41. The summed E-state index contributed by atoms with van der Waals surface area (Å²) in [5, 5.41) is 2.49. The molecule has 0 aliphatic carbocycles. The monoisotopic (exact) mass is 297 g/mol. The normalized spacial score (nSPS) is 12.1. The van der Waals surface area contributed by atoms with Crippen LogP contribution in [0.25, 0.3) is 0 Å². The van der Waals surface area contributed by atoms with Gasteiger partial charge in [0.05, 0.1) is 6.33 Å². The predicted molar refractivity (Wildman–Crippen MR) is 78.1 cm³/mol. The number of alkyl carbamates (subject to hydrolysis) is 1. The fourth-order valence-corrected chi connectivity index (χ4v) is 1.68. The average Bonchev–Trinajstić information content (AvgIpc) is 2.37. The molecule has 1 N–H and O–H groups in total. The Bertz CT molecular complexity index is 507. The van der Waals surface area contributed by atoms with Crippen molar-refractivity contribution in [3.05, 3.63) is 47.5 Å². The molecule has 0 heterocycles. The van der Waals surface area contributed by atoms with Gasteiger partial charge in [-0.1, -0.05) is 12.1 Å². The molecule has 0 atom stereocenters. The van der Waals surface area contributed by atoms with Gasteiger partial charge in [0, 0.05) is 6.54 Å². The van der Waals surface area contributed by atoms with Crippen LogP contribution in [0.15, 0.2) is 36.2 Å². The topological polar surface area (TPSA) is 38.3 Å². The maximum atomic E-state index is 13.0. The van der Waals surface area contributed by atoms with E-state index in [2.05, 4.69) is 5.32 Å². The second-order valence-corrected chi connectivity index (χ2v) is 5.75. The van der Waals surface area contributed by atoms with Crippen molar-refractivity contribution in [1.29, 1.82) is 0 Å². The summed E-state index contributed by atoms with van der Waals surface area (Å²) >= 11 is 0. The highest BCUT2D eigenvalue weighted by molar-refractivity contribution is 5.68. The smallest absolute Gasteiger partial charge is 0.407 e. The lowest BCUT2D eigenvalue weighted by atomic mass is 10.1. The van der Waals surface area contributed by atoms with Crippen molar-refractivity contribution in [3.8, 4) is 0 Å². The van der Waals surface area contributed by atoms with Crippen LogP contribution in [0.4, 0.5) is 13.6 Å². The second kappa shape index (κ2) is 7.76. The quantitative estimate of drug-likeness (QED) is 0.887. The molecule has 0 aliphatic heterocycles. The Kier molecular flexibility index (Phi) is 6.34. The number of halogens is 2. The lowest BCUT2D eigenvalue weighted by Gasteiger charge is -2.20. The second-order valence-electron chi connectivity index (χ2n) is 5.75. The molecule has 0 saturated carbocycles. The SMILES string of the molecule is CC(C)(C)OC(=O)NC/C(=C/F)CCc1cccc(F)c1. The van der Waals surface area contributed by atoms with Crippen molar-refractivity contribution in [3.63, 3.8) is 0 Å². The summed E-state index contributed by atoms with van der Waals surface area (Å²) in [6.07, 6.45) is 0.781. The van der Waals surface area contributed by atoms with Crippen LogP contribution in [0.1, 0.15) is 32.8 Å². The van der Waals surface area contributed by atoms with Crippen LogP contribution in [0.5, 0.6) is 0 Å². The van der Waals surface area contributed by atoms with Gasteiger partial charge in [0.15, 0.2) is 0 Å². The number of hydrogen-bond donors (Lipinski definition) is 1. The van der Waals surface area contributed by atoms with Gasteiger partial charge in [-0.3, -0.25) is 0 Å². The minimum Gasteiger partial charge on any atom is -0.444 e. The number of nitrogens with one attached hydrogen (secondary N) is 1. The molecule has 0 aromatic heterocycles. The van der Waals surface area contributed by atoms with E-state index in [-0.39, 0.29) is 12.4 Å². The zero-order valence-corrected chi connectivity index (χ0v) is 12.6. The van der Waals surface area contributed by atoms with Crippen LogP contribution < -0.4 is 5.32 Å². The molecule has 21 heavy (non-hydrogen) atoms. The number of benzene rings is 1. The lowest BCUT2D eigenvalue weighted by Crippen LogP contribution is -2.33. The number of carbonyl (C=O) groups is 1. The third kappa shape index (κ3) is 7.44. The van der Waals surface area contributed by atoms with Crippen molar-refractivity contribution in [2.45, 2.75) is 39.2 Å². The molecule has 0 aliphatic rings. The zero-order chi connectivity index (χ0) is 15.9. The van der Waals surface area contributed by atoms with E-state index in [0.29, 0.717) is 24.7 Å². The molecule has 0 saturated heterocycles.